The number of fused-ring (bicyclic) bond motifs is 1. The Labute approximate surface area is 175 Å². The number of nitriles is 3. The predicted octanol–water partition coefficient (Wildman–Crippen LogP) is 0.360. The molecule has 6 nitrogen and oxygen atoms in total. The molecule has 0 unspecified atom stereocenters. The van der Waals surface area contributed by atoms with Crippen LogP contribution in [0.4, 0.5) is 0 Å². The van der Waals surface area contributed by atoms with Crippen molar-refractivity contribution >= 4 is 17.0 Å². The van der Waals surface area contributed by atoms with E-state index in [9.17, 15) is 15.8 Å². The van der Waals surface area contributed by atoms with Gasteiger partial charge in [-0.1, -0.05) is 6.08 Å². The number of nitrogens with two attached hydrogens (primary N) is 1. The van der Waals surface area contributed by atoms with E-state index in [1.54, 1.807) is 11.3 Å². The molecule has 0 amide bonds. The highest BCUT2D eigenvalue weighted by molar-refractivity contribution is 7.10. The molecule has 3 aliphatic rings. The number of hydrogen-bond acceptors (Lipinski definition) is 5. The van der Waals surface area contributed by atoms with Crippen LogP contribution in [0.25, 0.3) is 0 Å². The first-order valence-electron chi connectivity index (χ1n) is 10.2. The molecule has 4 rings (SSSR count). The van der Waals surface area contributed by atoms with Gasteiger partial charge in [0.05, 0.1) is 31.4 Å². The van der Waals surface area contributed by atoms with Crippen LogP contribution in [0.1, 0.15) is 35.6 Å². The Balaban J connectivity index is 1.72. The maximum Gasteiger partial charge on any atom is 0.231 e. The fourth-order valence-electron chi connectivity index (χ4n) is 5.13. The molecule has 0 bridgehead atoms. The minimum atomic E-state index is -1.46. The largest absolute Gasteiger partial charge is 0.370 e. The van der Waals surface area contributed by atoms with E-state index >= 15 is 0 Å². The Morgan fingerprint density at radius 3 is 2.69 bits per heavy atom. The number of nitrogens with zero attached hydrogens (tertiary/aromatic N) is 3. The van der Waals surface area contributed by atoms with Gasteiger partial charge >= 0.3 is 0 Å². The van der Waals surface area contributed by atoms with Crippen molar-refractivity contribution in [1.82, 2.24) is 0 Å². The standard InChI is InChI=1S/C22H23N5OS/c23-10-18-16-3-1-2-4-17(16)20(22(13-24,14-25)21(18)26)19-9-15(12-29-19)11-27-5-7-28-8-6-27/h3,9,12,17-18,20,26H,1-2,4-8,11H2/p+2/t17-,18-,20-/m0/s1. The first-order chi connectivity index (χ1) is 14.1. The molecule has 0 aromatic carbocycles. The van der Waals surface area contributed by atoms with E-state index in [0.717, 1.165) is 62.6 Å². The van der Waals surface area contributed by atoms with Gasteiger partial charge in [-0.2, -0.15) is 15.8 Å². The average molecular weight is 408 g/mol. The van der Waals surface area contributed by atoms with Gasteiger partial charge in [-0.3, -0.25) is 5.41 Å². The smallest absolute Gasteiger partial charge is 0.231 e. The highest BCUT2D eigenvalue weighted by Crippen LogP contribution is 2.55. The van der Waals surface area contributed by atoms with E-state index in [-0.39, 0.29) is 17.5 Å². The third-order valence-corrected chi connectivity index (χ3v) is 7.68. The summed E-state index contributed by atoms with van der Waals surface area (Å²) in [5.41, 5.74) is 0.978. The molecule has 1 aliphatic heterocycles. The molecule has 29 heavy (non-hydrogen) atoms. The van der Waals surface area contributed by atoms with Crippen molar-refractivity contribution in [1.29, 1.82) is 15.8 Å². The van der Waals surface area contributed by atoms with Gasteiger partial charge in [0.2, 0.25) is 11.1 Å². The van der Waals surface area contributed by atoms with E-state index in [2.05, 4.69) is 35.7 Å². The monoisotopic (exact) mass is 407 g/mol. The van der Waals surface area contributed by atoms with Crippen LogP contribution >= 0.6 is 11.3 Å². The van der Waals surface area contributed by atoms with Crippen molar-refractivity contribution in [2.45, 2.75) is 31.7 Å². The first-order valence-corrected chi connectivity index (χ1v) is 11.1. The summed E-state index contributed by atoms with van der Waals surface area (Å²) in [5.74, 6) is -0.942. The van der Waals surface area contributed by atoms with Crippen LogP contribution in [0.15, 0.2) is 23.1 Å². The van der Waals surface area contributed by atoms with Crippen molar-refractivity contribution < 1.29 is 15.0 Å². The van der Waals surface area contributed by atoms with Crippen LogP contribution < -0.4 is 10.3 Å². The molecule has 148 valence electrons. The molecule has 2 fully saturated rings. The van der Waals surface area contributed by atoms with Crippen LogP contribution in [-0.2, 0) is 11.3 Å². The van der Waals surface area contributed by atoms with Crippen LogP contribution in [0.2, 0.25) is 0 Å². The van der Waals surface area contributed by atoms with Gasteiger partial charge in [-0.15, -0.1) is 11.3 Å². The number of morpholine rings is 1. The highest BCUT2D eigenvalue weighted by Gasteiger charge is 2.60. The molecule has 2 heterocycles. The summed E-state index contributed by atoms with van der Waals surface area (Å²) in [7, 11) is 0. The van der Waals surface area contributed by atoms with Gasteiger partial charge in [0, 0.05) is 16.4 Å². The number of hydrogen-bond donors (Lipinski definition) is 2. The van der Waals surface area contributed by atoms with Crippen LogP contribution in [0.3, 0.4) is 0 Å². The number of quaternary nitrogens is 1. The second kappa shape index (κ2) is 8.09. The molecule has 1 aromatic heterocycles. The molecule has 0 spiro atoms. The number of rotatable bonds is 3. The number of allylic oxidation sites excluding steroid dienone is 2. The fraction of sp³-hybridized carbons (Fsp3) is 0.545. The van der Waals surface area contributed by atoms with Crippen molar-refractivity contribution in [2.24, 2.45) is 17.3 Å². The second-order valence-corrected chi connectivity index (χ2v) is 9.11. The van der Waals surface area contributed by atoms with Gasteiger partial charge in [-0.25, -0.2) is 0 Å². The van der Waals surface area contributed by atoms with Crippen LogP contribution in [0.5, 0.6) is 0 Å². The molecular formula is C22H25N5OS+2. The Bertz CT molecular complexity index is 939. The maximum atomic E-state index is 10.1. The zero-order valence-corrected chi connectivity index (χ0v) is 17.2. The molecule has 0 radical (unpaired) electrons. The number of nitrogens with one attached hydrogen (secondary N) is 1. The topological polar surface area (TPSA) is 111 Å². The highest BCUT2D eigenvalue weighted by atomic mass is 32.1. The quantitative estimate of drug-likeness (QED) is 0.705. The lowest BCUT2D eigenvalue weighted by Gasteiger charge is -2.42. The SMILES string of the molecule is N#C[C@@H]1C(=[NH2+])C(C#N)(C#N)[C@H](c2cc(C[NH+]3CCOCC3)cs2)[C@H]2CCCC=C12. The summed E-state index contributed by atoms with van der Waals surface area (Å²) in [4.78, 5) is 2.53. The summed E-state index contributed by atoms with van der Waals surface area (Å²) in [5, 5.41) is 38.5. The van der Waals surface area contributed by atoms with Crippen LogP contribution in [0, 0.1) is 51.2 Å². The molecule has 3 atom stereocenters. The van der Waals surface area contributed by atoms with Gasteiger partial charge in [0.1, 0.15) is 25.6 Å². The lowest BCUT2D eigenvalue weighted by Crippen LogP contribution is -3.12. The Morgan fingerprint density at radius 2 is 2.00 bits per heavy atom. The first kappa shape index (κ1) is 19.8. The lowest BCUT2D eigenvalue weighted by atomic mass is 9.54. The third-order valence-electron chi connectivity index (χ3n) is 6.61. The zero-order valence-electron chi connectivity index (χ0n) is 16.4. The lowest BCUT2D eigenvalue weighted by molar-refractivity contribution is -0.921. The normalized spacial score (nSPS) is 29.1. The predicted molar refractivity (Wildman–Crippen MR) is 107 cm³/mol. The van der Waals surface area contributed by atoms with Crippen molar-refractivity contribution in [3.63, 3.8) is 0 Å². The van der Waals surface area contributed by atoms with E-state index in [1.165, 1.54) is 10.5 Å². The molecule has 1 saturated carbocycles. The molecule has 2 aliphatic carbocycles. The molecular weight excluding hydrogens is 382 g/mol. The third kappa shape index (κ3) is 3.28. The van der Waals surface area contributed by atoms with E-state index < -0.39 is 11.3 Å². The number of ether oxygens (including phenoxy) is 1. The maximum absolute atomic E-state index is 10.1. The van der Waals surface area contributed by atoms with Gasteiger partial charge in [0.15, 0.2) is 0 Å². The minimum absolute atomic E-state index is 0.0160. The Morgan fingerprint density at radius 1 is 1.24 bits per heavy atom. The number of thiophene rings is 1. The molecule has 7 heteroatoms. The zero-order chi connectivity index (χ0) is 20.4. The molecule has 3 N–H and O–H groups in total. The van der Waals surface area contributed by atoms with E-state index in [0.29, 0.717) is 0 Å². The van der Waals surface area contributed by atoms with Crippen molar-refractivity contribution in [3.8, 4) is 18.2 Å². The Hall–Kier alpha value is -2.50. The fourth-order valence-corrected chi connectivity index (χ4v) is 6.27. The van der Waals surface area contributed by atoms with Crippen molar-refractivity contribution in [2.75, 3.05) is 26.3 Å². The van der Waals surface area contributed by atoms with Crippen molar-refractivity contribution in [3.05, 3.63) is 33.5 Å². The minimum Gasteiger partial charge on any atom is -0.370 e. The van der Waals surface area contributed by atoms with Crippen LogP contribution in [-0.4, -0.2) is 32.0 Å². The average Bonchev–Trinajstić information content (AvgIpc) is 3.21. The second-order valence-electron chi connectivity index (χ2n) is 8.16. The molecule has 1 aromatic rings. The van der Waals surface area contributed by atoms with Gasteiger partial charge in [-0.05, 0) is 42.2 Å². The summed E-state index contributed by atoms with van der Waals surface area (Å²) in [6.07, 6.45) is 4.93. The van der Waals surface area contributed by atoms with Gasteiger partial charge in [0.25, 0.3) is 0 Å². The summed E-state index contributed by atoms with van der Waals surface area (Å²) in [6, 6.07) is 8.90. The summed E-state index contributed by atoms with van der Waals surface area (Å²) >= 11 is 1.62. The van der Waals surface area contributed by atoms with Gasteiger partial charge < -0.3 is 9.64 Å². The van der Waals surface area contributed by atoms with E-state index in [4.69, 9.17) is 10.1 Å². The summed E-state index contributed by atoms with van der Waals surface area (Å²) in [6.45, 7) is 4.49. The van der Waals surface area contributed by atoms with E-state index in [1.807, 2.05) is 0 Å². The Kier molecular flexibility index (Phi) is 5.52. The summed E-state index contributed by atoms with van der Waals surface area (Å²) < 4.78 is 5.45. The molecule has 1 saturated heterocycles.